The molecule has 0 aliphatic carbocycles. The van der Waals surface area contributed by atoms with Crippen molar-refractivity contribution in [3.63, 3.8) is 0 Å². The van der Waals surface area contributed by atoms with Crippen molar-refractivity contribution in [3.8, 4) is 0 Å². The van der Waals surface area contributed by atoms with E-state index in [4.69, 9.17) is 4.42 Å². The number of benzene rings is 3. The van der Waals surface area contributed by atoms with Gasteiger partial charge in [-0.25, -0.2) is 0 Å². The Morgan fingerprint density at radius 3 is 1.70 bits per heavy atom. The van der Waals surface area contributed by atoms with Crippen LogP contribution in [0.1, 0.15) is 22.6 Å². The van der Waals surface area contributed by atoms with Gasteiger partial charge in [0.1, 0.15) is 5.58 Å². The maximum Gasteiger partial charge on any atom is 0.196 e. The van der Waals surface area contributed by atoms with E-state index in [2.05, 4.69) is 58.3 Å². The molecular formula is C26H26N2O2. The van der Waals surface area contributed by atoms with Crippen LogP contribution in [0.4, 0.5) is 11.4 Å². The van der Waals surface area contributed by atoms with Crippen molar-refractivity contribution in [2.75, 3.05) is 38.0 Å². The molecule has 0 unspecified atom stereocenters. The molecule has 4 nitrogen and oxygen atoms in total. The second-order valence-corrected chi connectivity index (χ2v) is 7.92. The lowest BCUT2D eigenvalue weighted by Crippen LogP contribution is -2.16. The van der Waals surface area contributed by atoms with Crippen molar-refractivity contribution < 1.29 is 4.42 Å². The predicted octanol–water partition coefficient (Wildman–Crippen LogP) is 5.11. The summed E-state index contributed by atoms with van der Waals surface area (Å²) in [5, 5.41) is 0.606. The highest BCUT2D eigenvalue weighted by Crippen LogP contribution is 2.33. The molecule has 152 valence electrons. The molecule has 0 fully saturated rings. The van der Waals surface area contributed by atoms with Gasteiger partial charge < -0.3 is 14.2 Å². The second kappa shape index (κ2) is 8.07. The molecule has 0 N–H and O–H groups in total. The number of rotatable bonds is 5. The molecule has 1 aromatic heterocycles. The Morgan fingerprint density at radius 2 is 1.20 bits per heavy atom. The van der Waals surface area contributed by atoms with Gasteiger partial charge in [-0.3, -0.25) is 4.79 Å². The summed E-state index contributed by atoms with van der Waals surface area (Å²) in [5.74, 6) is -0.210. The number of hydrogen-bond acceptors (Lipinski definition) is 4. The lowest BCUT2D eigenvalue weighted by molar-refractivity contribution is 0.590. The summed E-state index contributed by atoms with van der Waals surface area (Å²) in [4.78, 5) is 17.5. The number of anilines is 2. The Morgan fingerprint density at radius 1 is 0.700 bits per heavy atom. The van der Waals surface area contributed by atoms with Gasteiger partial charge in [-0.15, -0.1) is 0 Å². The standard InChI is InChI=1S/C26H26N2O2/c1-27(2)20-13-9-18(10-14-20)25(19-11-15-21(16-12-19)28(3)4)23-17-30-24-8-6-5-7-22(24)26(23)29/h5-17,25H,1-4H3. The van der Waals surface area contributed by atoms with Gasteiger partial charge in [0.05, 0.1) is 11.6 Å². The largest absolute Gasteiger partial charge is 0.464 e. The summed E-state index contributed by atoms with van der Waals surface area (Å²) >= 11 is 0. The van der Waals surface area contributed by atoms with E-state index in [1.54, 1.807) is 6.26 Å². The Balaban J connectivity index is 1.89. The van der Waals surface area contributed by atoms with Crippen LogP contribution in [0.25, 0.3) is 11.0 Å². The lowest BCUT2D eigenvalue weighted by atomic mass is 9.85. The highest BCUT2D eigenvalue weighted by Gasteiger charge is 2.22. The van der Waals surface area contributed by atoms with Crippen LogP contribution in [0, 0.1) is 0 Å². The highest BCUT2D eigenvalue weighted by atomic mass is 16.3. The van der Waals surface area contributed by atoms with Crippen LogP contribution in [-0.4, -0.2) is 28.2 Å². The molecule has 30 heavy (non-hydrogen) atoms. The first-order valence-electron chi connectivity index (χ1n) is 10.0. The maximum absolute atomic E-state index is 13.4. The first kappa shape index (κ1) is 19.8. The Hall–Kier alpha value is -3.53. The molecule has 0 saturated heterocycles. The van der Waals surface area contributed by atoms with Crippen LogP contribution in [0.3, 0.4) is 0 Å². The molecule has 0 amide bonds. The Bertz CT molecular complexity index is 1150. The molecule has 0 bridgehead atoms. The summed E-state index contributed by atoms with van der Waals surface area (Å²) in [6, 6.07) is 24.1. The summed E-state index contributed by atoms with van der Waals surface area (Å²) in [5.41, 5.74) is 5.61. The minimum Gasteiger partial charge on any atom is -0.464 e. The van der Waals surface area contributed by atoms with E-state index in [-0.39, 0.29) is 11.3 Å². The van der Waals surface area contributed by atoms with Gasteiger partial charge in [-0.1, -0.05) is 36.4 Å². The van der Waals surface area contributed by atoms with E-state index in [1.807, 2.05) is 52.5 Å². The van der Waals surface area contributed by atoms with Crippen LogP contribution < -0.4 is 15.2 Å². The second-order valence-electron chi connectivity index (χ2n) is 7.92. The topological polar surface area (TPSA) is 36.7 Å². The molecule has 4 heteroatoms. The maximum atomic E-state index is 13.4. The summed E-state index contributed by atoms with van der Waals surface area (Å²) in [6.45, 7) is 0. The molecule has 0 radical (unpaired) electrons. The van der Waals surface area contributed by atoms with E-state index in [1.165, 1.54) is 0 Å². The third kappa shape index (κ3) is 3.69. The number of para-hydroxylation sites is 1. The minimum atomic E-state index is -0.210. The third-order valence-electron chi connectivity index (χ3n) is 5.50. The fraction of sp³-hybridized carbons (Fsp3) is 0.192. The van der Waals surface area contributed by atoms with E-state index in [0.29, 0.717) is 16.5 Å². The van der Waals surface area contributed by atoms with Gasteiger partial charge in [0.25, 0.3) is 0 Å². The van der Waals surface area contributed by atoms with Gasteiger partial charge in [-0.05, 0) is 47.5 Å². The zero-order chi connectivity index (χ0) is 21.3. The van der Waals surface area contributed by atoms with Crippen molar-refractivity contribution in [3.05, 3.63) is 106 Å². The lowest BCUT2D eigenvalue weighted by Gasteiger charge is -2.21. The van der Waals surface area contributed by atoms with Crippen LogP contribution in [-0.2, 0) is 0 Å². The molecule has 0 saturated carbocycles. The highest BCUT2D eigenvalue weighted by molar-refractivity contribution is 5.77. The molecule has 0 atom stereocenters. The van der Waals surface area contributed by atoms with Crippen LogP contribution >= 0.6 is 0 Å². The molecule has 4 aromatic rings. The molecule has 0 aliphatic rings. The number of nitrogens with zero attached hydrogens (tertiary/aromatic N) is 2. The van der Waals surface area contributed by atoms with Crippen molar-refractivity contribution >= 4 is 22.3 Å². The average Bonchev–Trinajstić information content (AvgIpc) is 2.76. The third-order valence-corrected chi connectivity index (χ3v) is 5.50. The van der Waals surface area contributed by atoms with Gasteiger partial charge in [0.2, 0.25) is 0 Å². The zero-order valence-corrected chi connectivity index (χ0v) is 17.8. The van der Waals surface area contributed by atoms with E-state index in [9.17, 15) is 4.79 Å². The Kier molecular flexibility index (Phi) is 5.32. The smallest absolute Gasteiger partial charge is 0.196 e. The van der Waals surface area contributed by atoms with Crippen molar-refractivity contribution in [1.82, 2.24) is 0 Å². The first-order chi connectivity index (χ1) is 14.5. The van der Waals surface area contributed by atoms with E-state index < -0.39 is 0 Å². The van der Waals surface area contributed by atoms with Gasteiger partial charge in [-0.2, -0.15) is 0 Å². The van der Waals surface area contributed by atoms with Crippen LogP contribution in [0.15, 0.2) is 88.3 Å². The number of fused-ring (bicyclic) bond motifs is 1. The molecule has 3 aromatic carbocycles. The zero-order valence-electron chi connectivity index (χ0n) is 17.8. The van der Waals surface area contributed by atoms with Crippen molar-refractivity contribution in [1.29, 1.82) is 0 Å². The fourth-order valence-corrected chi connectivity index (χ4v) is 3.77. The van der Waals surface area contributed by atoms with Crippen LogP contribution in [0.5, 0.6) is 0 Å². The van der Waals surface area contributed by atoms with E-state index in [0.717, 1.165) is 22.5 Å². The summed E-state index contributed by atoms with van der Waals surface area (Å²) < 4.78 is 5.86. The quantitative estimate of drug-likeness (QED) is 0.468. The van der Waals surface area contributed by atoms with E-state index >= 15 is 0 Å². The summed E-state index contributed by atoms with van der Waals surface area (Å²) in [6.07, 6.45) is 1.62. The van der Waals surface area contributed by atoms with Crippen molar-refractivity contribution in [2.45, 2.75) is 5.92 Å². The monoisotopic (exact) mass is 398 g/mol. The molecule has 0 aliphatic heterocycles. The van der Waals surface area contributed by atoms with Gasteiger partial charge >= 0.3 is 0 Å². The molecule has 0 spiro atoms. The fourth-order valence-electron chi connectivity index (χ4n) is 3.77. The first-order valence-corrected chi connectivity index (χ1v) is 10.0. The summed E-state index contributed by atoms with van der Waals surface area (Å²) in [7, 11) is 8.07. The Labute approximate surface area is 177 Å². The van der Waals surface area contributed by atoms with Gasteiger partial charge in [0.15, 0.2) is 5.43 Å². The predicted molar refractivity (Wildman–Crippen MR) is 125 cm³/mol. The molecule has 4 rings (SSSR count). The minimum absolute atomic E-state index is 0.00947. The van der Waals surface area contributed by atoms with Gasteiger partial charge in [0, 0.05) is 51.0 Å². The SMILES string of the molecule is CN(C)c1ccc(C(c2ccc(N(C)C)cc2)c2coc3ccccc3c2=O)cc1. The average molecular weight is 399 g/mol. The number of hydrogen-bond donors (Lipinski definition) is 0. The van der Waals surface area contributed by atoms with Crippen LogP contribution in [0.2, 0.25) is 0 Å². The van der Waals surface area contributed by atoms with Crippen molar-refractivity contribution in [2.24, 2.45) is 0 Å². The normalized spacial score (nSPS) is 11.1. The molecule has 1 heterocycles. The molecular weight excluding hydrogens is 372 g/mol.